The van der Waals surface area contributed by atoms with E-state index in [-0.39, 0.29) is 17.4 Å². The van der Waals surface area contributed by atoms with E-state index < -0.39 is 0 Å². The number of rotatable bonds is 3. The highest BCUT2D eigenvalue weighted by Gasteiger charge is 2.33. The second-order valence-corrected chi connectivity index (χ2v) is 8.79. The van der Waals surface area contributed by atoms with Gasteiger partial charge in [-0.15, -0.1) is 0 Å². The zero-order valence-corrected chi connectivity index (χ0v) is 18.0. The van der Waals surface area contributed by atoms with Gasteiger partial charge in [0.2, 0.25) is 5.95 Å². The summed E-state index contributed by atoms with van der Waals surface area (Å²) in [5.74, 6) is 0.471. The Morgan fingerprint density at radius 1 is 1.03 bits per heavy atom. The van der Waals surface area contributed by atoms with E-state index in [0.717, 1.165) is 22.5 Å². The fraction of sp³-hybridized carbons (Fsp3) is 0.292. The number of anilines is 2. The van der Waals surface area contributed by atoms with Crippen LogP contribution in [0.1, 0.15) is 50.4 Å². The van der Waals surface area contributed by atoms with E-state index in [2.05, 4.69) is 65.8 Å². The second kappa shape index (κ2) is 7.44. The molecule has 1 aliphatic rings. The predicted molar refractivity (Wildman–Crippen MR) is 119 cm³/mol. The van der Waals surface area contributed by atoms with Crippen LogP contribution in [-0.2, 0) is 10.2 Å². The number of amides is 1. The lowest BCUT2D eigenvalue weighted by Gasteiger charge is -2.29. The number of allylic oxidation sites excluding steroid dienone is 1. The van der Waals surface area contributed by atoms with Gasteiger partial charge >= 0.3 is 0 Å². The van der Waals surface area contributed by atoms with Gasteiger partial charge in [0.05, 0.1) is 5.57 Å². The van der Waals surface area contributed by atoms with Gasteiger partial charge in [-0.1, -0.05) is 62.7 Å². The van der Waals surface area contributed by atoms with E-state index in [1.807, 2.05) is 38.1 Å². The Kier molecular flexibility index (Phi) is 4.94. The average Bonchev–Trinajstić information content (AvgIpc) is 3.16. The van der Waals surface area contributed by atoms with Crippen molar-refractivity contribution in [2.75, 3.05) is 10.6 Å². The minimum absolute atomic E-state index is 0.0580. The van der Waals surface area contributed by atoms with Crippen molar-refractivity contribution in [2.45, 2.75) is 46.1 Å². The quantitative estimate of drug-likeness (QED) is 0.661. The maximum atomic E-state index is 13.3. The maximum Gasteiger partial charge on any atom is 0.255 e. The molecule has 0 fully saturated rings. The molecule has 0 saturated carbocycles. The largest absolute Gasteiger partial charge is 0.328 e. The van der Waals surface area contributed by atoms with E-state index in [1.54, 1.807) is 4.68 Å². The number of hydrogen-bond acceptors (Lipinski definition) is 4. The minimum Gasteiger partial charge on any atom is -0.328 e. The Balaban J connectivity index is 1.73. The summed E-state index contributed by atoms with van der Waals surface area (Å²) in [6.07, 6.45) is 1.51. The van der Waals surface area contributed by atoms with Crippen LogP contribution in [0.5, 0.6) is 0 Å². The third kappa shape index (κ3) is 3.73. The molecule has 2 N–H and O–H groups in total. The molecule has 6 heteroatoms. The lowest BCUT2D eigenvalue weighted by molar-refractivity contribution is -0.113. The Bertz CT molecular complexity index is 1100. The molecule has 0 bridgehead atoms. The van der Waals surface area contributed by atoms with Crippen molar-refractivity contribution in [2.24, 2.45) is 0 Å². The summed E-state index contributed by atoms with van der Waals surface area (Å²) in [6.45, 7) is 10.5. The van der Waals surface area contributed by atoms with Crippen molar-refractivity contribution in [3.8, 4) is 0 Å². The van der Waals surface area contributed by atoms with E-state index in [9.17, 15) is 4.79 Å². The summed E-state index contributed by atoms with van der Waals surface area (Å²) < 4.78 is 1.77. The van der Waals surface area contributed by atoms with Crippen LogP contribution in [-0.4, -0.2) is 20.7 Å². The number of nitrogens with zero attached hydrogens (tertiary/aromatic N) is 3. The Labute approximate surface area is 177 Å². The molecule has 0 radical (unpaired) electrons. The van der Waals surface area contributed by atoms with Gasteiger partial charge in [0.25, 0.3) is 5.91 Å². The molecule has 2 aromatic carbocycles. The van der Waals surface area contributed by atoms with Gasteiger partial charge in [-0.25, -0.2) is 4.68 Å². The van der Waals surface area contributed by atoms with Gasteiger partial charge in [0, 0.05) is 11.4 Å². The lowest BCUT2D eigenvalue weighted by Crippen LogP contribution is -2.31. The first-order chi connectivity index (χ1) is 14.2. The zero-order chi connectivity index (χ0) is 21.5. The van der Waals surface area contributed by atoms with Crippen molar-refractivity contribution in [1.29, 1.82) is 0 Å². The minimum atomic E-state index is -0.358. The number of hydrogen-bond donors (Lipinski definition) is 2. The molecule has 3 aromatic rings. The molecular weight excluding hydrogens is 374 g/mol. The summed E-state index contributed by atoms with van der Waals surface area (Å²) in [4.78, 5) is 17.6. The molecule has 4 rings (SSSR count). The van der Waals surface area contributed by atoms with Gasteiger partial charge in [0.1, 0.15) is 12.4 Å². The van der Waals surface area contributed by atoms with Gasteiger partial charge in [-0.3, -0.25) is 4.79 Å². The number of benzene rings is 2. The van der Waals surface area contributed by atoms with Crippen molar-refractivity contribution >= 4 is 17.5 Å². The van der Waals surface area contributed by atoms with E-state index in [4.69, 9.17) is 0 Å². The van der Waals surface area contributed by atoms with E-state index in [1.165, 1.54) is 11.9 Å². The molecule has 0 aliphatic carbocycles. The first kappa shape index (κ1) is 19.9. The highest BCUT2D eigenvalue weighted by Crippen LogP contribution is 2.36. The first-order valence-corrected chi connectivity index (χ1v) is 10.1. The average molecular weight is 402 g/mol. The van der Waals surface area contributed by atoms with E-state index >= 15 is 0 Å². The van der Waals surface area contributed by atoms with Crippen molar-refractivity contribution in [3.63, 3.8) is 0 Å². The Morgan fingerprint density at radius 2 is 1.70 bits per heavy atom. The lowest BCUT2D eigenvalue weighted by atomic mass is 9.85. The molecule has 0 saturated heterocycles. The van der Waals surface area contributed by atoms with Crippen LogP contribution in [0, 0.1) is 6.92 Å². The van der Waals surface area contributed by atoms with Crippen LogP contribution < -0.4 is 10.6 Å². The smallest absolute Gasteiger partial charge is 0.255 e. The molecule has 30 heavy (non-hydrogen) atoms. The van der Waals surface area contributed by atoms with Crippen LogP contribution in [0.4, 0.5) is 11.6 Å². The third-order valence-corrected chi connectivity index (χ3v) is 5.44. The van der Waals surface area contributed by atoms with Crippen molar-refractivity contribution < 1.29 is 4.79 Å². The molecule has 154 valence electrons. The van der Waals surface area contributed by atoms with Crippen LogP contribution in [0.15, 0.2) is 66.1 Å². The maximum absolute atomic E-state index is 13.3. The molecule has 2 heterocycles. The Hall–Kier alpha value is -3.41. The summed E-state index contributed by atoms with van der Waals surface area (Å²) in [5, 5.41) is 10.6. The molecule has 1 amide bonds. The summed E-state index contributed by atoms with van der Waals surface area (Å²) in [5.41, 5.74) is 5.59. The molecule has 1 unspecified atom stereocenters. The standard InChI is InChI=1S/C24H27N5O/c1-15-6-12-19(13-7-15)28-22(30)20-16(2)27-23-25-14-26-29(23)21(20)17-8-10-18(11-9-17)24(3,4)5/h6-14,21H,1-5H3,(H,28,30)(H,25,26,27). The topological polar surface area (TPSA) is 71.8 Å². The molecule has 1 atom stereocenters. The van der Waals surface area contributed by atoms with Crippen LogP contribution >= 0.6 is 0 Å². The number of carbonyl (C=O) groups is 1. The van der Waals surface area contributed by atoms with Gasteiger partial charge in [0.15, 0.2) is 0 Å². The monoisotopic (exact) mass is 401 g/mol. The molecular formula is C24H27N5O. The summed E-state index contributed by atoms with van der Waals surface area (Å²) >= 11 is 0. The summed E-state index contributed by atoms with van der Waals surface area (Å²) in [6, 6.07) is 15.8. The summed E-state index contributed by atoms with van der Waals surface area (Å²) in [7, 11) is 0. The predicted octanol–water partition coefficient (Wildman–Crippen LogP) is 4.81. The van der Waals surface area contributed by atoms with Crippen molar-refractivity contribution in [3.05, 3.63) is 82.8 Å². The fourth-order valence-electron chi connectivity index (χ4n) is 3.69. The number of nitrogens with one attached hydrogen (secondary N) is 2. The molecule has 6 nitrogen and oxygen atoms in total. The zero-order valence-electron chi connectivity index (χ0n) is 18.0. The molecule has 1 aliphatic heterocycles. The second-order valence-electron chi connectivity index (χ2n) is 8.79. The first-order valence-electron chi connectivity index (χ1n) is 10.1. The molecule has 1 aromatic heterocycles. The van der Waals surface area contributed by atoms with Crippen LogP contribution in [0.3, 0.4) is 0 Å². The van der Waals surface area contributed by atoms with Gasteiger partial charge in [-0.05, 0) is 42.5 Å². The SMILES string of the molecule is CC1=C(C(=O)Nc2ccc(C)cc2)C(c2ccc(C(C)(C)C)cc2)n2ncnc2N1. The number of aromatic nitrogens is 3. The highest BCUT2D eigenvalue weighted by molar-refractivity contribution is 6.06. The van der Waals surface area contributed by atoms with Crippen LogP contribution in [0.25, 0.3) is 0 Å². The normalized spacial score (nSPS) is 16.1. The number of aryl methyl sites for hydroxylation is 1. The fourth-order valence-corrected chi connectivity index (χ4v) is 3.69. The van der Waals surface area contributed by atoms with E-state index in [0.29, 0.717) is 11.5 Å². The van der Waals surface area contributed by atoms with Gasteiger partial charge in [-0.2, -0.15) is 10.1 Å². The number of fused-ring (bicyclic) bond motifs is 1. The van der Waals surface area contributed by atoms with Crippen molar-refractivity contribution in [1.82, 2.24) is 14.8 Å². The highest BCUT2D eigenvalue weighted by atomic mass is 16.1. The Morgan fingerprint density at radius 3 is 2.33 bits per heavy atom. The third-order valence-electron chi connectivity index (χ3n) is 5.44. The molecule has 0 spiro atoms. The number of carbonyl (C=O) groups excluding carboxylic acids is 1. The van der Waals surface area contributed by atoms with Gasteiger partial charge < -0.3 is 10.6 Å². The van der Waals surface area contributed by atoms with Crippen LogP contribution in [0.2, 0.25) is 0 Å².